The summed E-state index contributed by atoms with van der Waals surface area (Å²) in [4.78, 5) is 11.9. The number of nitrogens with two attached hydrogens (primary N) is 1. The van der Waals surface area contributed by atoms with Crippen molar-refractivity contribution >= 4 is 21.7 Å². The van der Waals surface area contributed by atoms with E-state index in [1.807, 2.05) is 17.0 Å². The Morgan fingerprint density at radius 3 is 2.35 bits per heavy atom. The molecule has 0 radical (unpaired) electrons. The third kappa shape index (κ3) is 9.52. The molecule has 1 aromatic rings. The van der Waals surface area contributed by atoms with Crippen LogP contribution in [0.15, 0.2) is 29.5 Å². The Bertz CT molecular complexity index is 956. The van der Waals surface area contributed by atoms with E-state index >= 15 is 0 Å². The maximum absolute atomic E-state index is 13.3. The average molecular weight is 534 g/mol. The minimum atomic E-state index is -3.23. The summed E-state index contributed by atoms with van der Waals surface area (Å²) in [5, 5.41) is 8.68. The molecule has 0 amide bonds. The number of aromatic nitrogens is 1. The van der Waals surface area contributed by atoms with Crippen LogP contribution < -0.4 is 10.6 Å². The van der Waals surface area contributed by atoms with Crippen molar-refractivity contribution in [2.45, 2.75) is 69.5 Å². The van der Waals surface area contributed by atoms with E-state index in [9.17, 15) is 8.42 Å². The van der Waals surface area contributed by atoms with Crippen LogP contribution in [0.1, 0.15) is 64.2 Å². The number of aliphatic imine (C=N–C) groups is 1. The number of anilines is 1. The van der Waals surface area contributed by atoms with Gasteiger partial charge in [-0.1, -0.05) is 32.1 Å². The minimum absolute atomic E-state index is 0.179. The summed E-state index contributed by atoms with van der Waals surface area (Å²) in [7, 11) is -3.23. The SMILES string of the molecule is N#CN=C(N)N(CCCCCCCN(CCCN1CCOCC1)S(=O)(=O)C1CCCC1)c1ccncc1. The predicted molar refractivity (Wildman–Crippen MR) is 147 cm³/mol. The zero-order valence-corrected chi connectivity index (χ0v) is 22.8. The van der Waals surface area contributed by atoms with E-state index in [-0.39, 0.29) is 11.2 Å². The number of morpholine rings is 1. The van der Waals surface area contributed by atoms with E-state index < -0.39 is 10.0 Å². The molecule has 37 heavy (non-hydrogen) atoms. The number of hydrogen-bond donors (Lipinski definition) is 1. The standard InChI is InChI=1S/C26H43N7O3S/c27-23-30-26(28)33(24-11-13-29-14-12-24)18-7-3-1-2-6-16-32(37(34,35)25-9-4-5-10-25)17-8-15-31-19-21-36-22-20-31/h11-14,25H,1-10,15-22H2,(H2,28,30). The largest absolute Gasteiger partial charge is 0.379 e. The van der Waals surface area contributed by atoms with Crippen LogP contribution >= 0.6 is 0 Å². The summed E-state index contributed by atoms with van der Waals surface area (Å²) in [5.74, 6) is 0.179. The monoisotopic (exact) mass is 533 g/mol. The number of guanidine groups is 1. The second-order valence-electron chi connectivity index (χ2n) is 9.85. The van der Waals surface area contributed by atoms with Gasteiger partial charge in [0.25, 0.3) is 0 Å². The molecule has 3 rings (SSSR count). The first-order valence-corrected chi connectivity index (χ1v) is 15.2. The number of unbranched alkanes of at least 4 members (excludes halogenated alkanes) is 4. The van der Waals surface area contributed by atoms with Crippen LogP contribution in [0.3, 0.4) is 0 Å². The molecule has 0 atom stereocenters. The molecule has 206 valence electrons. The highest BCUT2D eigenvalue weighted by atomic mass is 32.2. The van der Waals surface area contributed by atoms with Crippen molar-refractivity contribution in [1.29, 1.82) is 5.26 Å². The Hall–Kier alpha value is -2.26. The van der Waals surface area contributed by atoms with Gasteiger partial charge in [-0.2, -0.15) is 5.26 Å². The van der Waals surface area contributed by atoms with Gasteiger partial charge in [0.15, 0.2) is 0 Å². The zero-order chi connectivity index (χ0) is 26.3. The van der Waals surface area contributed by atoms with Crippen LogP contribution in [0.25, 0.3) is 0 Å². The number of pyridine rings is 1. The Balaban J connectivity index is 1.42. The Kier molecular flexibility index (Phi) is 12.6. The third-order valence-electron chi connectivity index (χ3n) is 7.27. The average Bonchev–Trinajstić information content (AvgIpc) is 3.46. The maximum Gasteiger partial charge on any atom is 0.216 e. The van der Waals surface area contributed by atoms with E-state index in [0.29, 0.717) is 19.6 Å². The lowest BCUT2D eigenvalue weighted by Crippen LogP contribution is -2.41. The molecule has 1 saturated carbocycles. The predicted octanol–water partition coefficient (Wildman–Crippen LogP) is 2.93. The lowest BCUT2D eigenvalue weighted by Gasteiger charge is -2.29. The summed E-state index contributed by atoms with van der Waals surface area (Å²) in [6, 6.07) is 3.69. The van der Waals surface area contributed by atoms with Crippen LogP contribution in [0.4, 0.5) is 5.69 Å². The second kappa shape index (κ2) is 15.9. The van der Waals surface area contributed by atoms with Gasteiger partial charge in [-0.05, 0) is 50.8 Å². The van der Waals surface area contributed by atoms with Crippen molar-refractivity contribution in [2.75, 3.05) is 57.4 Å². The second-order valence-corrected chi connectivity index (χ2v) is 12.1. The first-order chi connectivity index (χ1) is 18.0. The number of sulfonamides is 1. The summed E-state index contributed by atoms with van der Waals surface area (Å²) in [6.45, 7) is 6.19. The highest BCUT2D eigenvalue weighted by molar-refractivity contribution is 7.89. The molecule has 0 spiro atoms. The quantitative estimate of drug-likeness (QED) is 0.158. The molecule has 0 aromatic carbocycles. The molecule has 2 heterocycles. The molecule has 1 aliphatic carbocycles. The smallest absolute Gasteiger partial charge is 0.216 e. The van der Waals surface area contributed by atoms with Gasteiger partial charge in [0.1, 0.15) is 0 Å². The van der Waals surface area contributed by atoms with Crippen molar-refractivity contribution < 1.29 is 13.2 Å². The molecule has 11 heteroatoms. The Morgan fingerprint density at radius 2 is 1.68 bits per heavy atom. The molecule has 2 aliphatic rings. The van der Waals surface area contributed by atoms with Gasteiger partial charge in [-0.3, -0.25) is 9.88 Å². The lowest BCUT2D eigenvalue weighted by atomic mass is 10.1. The van der Waals surface area contributed by atoms with E-state index in [1.54, 1.807) is 22.9 Å². The zero-order valence-electron chi connectivity index (χ0n) is 22.0. The van der Waals surface area contributed by atoms with E-state index in [1.165, 1.54) is 0 Å². The molecule has 2 fully saturated rings. The first kappa shape index (κ1) is 29.3. The number of rotatable bonds is 15. The molecule has 1 saturated heterocycles. The van der Waals surface area contributed by atoms with E-state index in [0.717, 1.165) is 103 Å². The van der Waals surface area contributed by atoms with Crippen LogP contribution in [0, 0.1) is 11.5 Å². The van der Waals surface area contributed by atoms with E-state index in [4.69, 9.17) is 15.7 Å². The van der Waals surface area contributed by atoms with Gasteiger partial charge in [0, 0.05) is 50.8 Å². The molecule has 1 aromatic heterocycles. The molecule has 2 N–H and O–H groups in total. The molecular weight excluding hydrogens is 490 g/mol. The molecule has 0 unspecified atom stereocenters. The van der Waals surface area contributed by atoms with Crippen LogP contribution in [0.2, 0.25) is 0 Å². The lowest BCUT2D eigenvalue weighted by molar-refractivity contribution is 0.0369. The van der Waals surface area contributed by atoms with Crippen molar-refractivity contribution in [3.8, 4) is 6.19 Å². The fourth-order valence-electron chi connectivity index (χ4n) is 5.16. The van der Waals surface area contributed by atoms with Gasteiger partial charge >= 0.3 is 0 Å². The summed E-state index contributed by atoms with van der Waals surface area (Å²) in [5.41, 5.74) is 6.86. The fraction of sp³-hybridized carbons (Fsp3) is 0.731. The van der Waals surface area contributed by atoms with E-state index in [2.05, 4.69) is 14.9 Å². The van der Waals surface area contributed by atoms with Crippen molar-refractivity contribution in [2.24, 2.45) is 10.7 Å². The highest BCUT2D eigenvalue weighted by Crippen LogP contribution is 2.27. The van der Waals surface area contributed by atoms with Gasteiger partial charge in [-0.15, -0.1) is 4.99 Å². The Morgan fingerprint density at radius 1 is 1.05 bits per heavy atom. The molecule has 10 nitrogen and oxygen atoms in total. The number of nitrogens with zero attached hydrogens (tertiary/aromatic N) is 6. The summed E-state index contributed by atoms with van der Waals surface area (Å²) in [6.07, 6.45) is 14.4. The van der Waals surface area contributed by atoms with Crippen LogP contribution in [-0.2, 0) is 14.8 Å². The van der Waals surface area contributed by atoms with Gasteiger partial charge in [0.05, 0.1) is 18.5 Å². The van der Waals surface area contributed by atoms with Gasteiger partial charge in [0.2, 0.25) is 22.2 Å². The Labute approximate surface area is 222 Å². The highest BCUT2D eigenvalue weighted by Gasteiger charge is 2.33. The van der Waals surface area contributed by atoms with Crippen LogP contribution in [0.5, 0.6) is 0 Å². The van der Waals surface area contributed by atoms with Crippen LogP contribution in [-0.4, -0.2) is 86.3 Å². The van der Waals surface area contributed by atoms with Crippen molar-refractivity contribution in [3.05, 3.63) is 24.5 Å². The van der Waals surface area contributed by atoms with Gasteiger partial charge < -0.3 is 15.4 Å². The fourth-order valence-corrected chi connectivity index (χ4v) is 7.28. The van der Waals surface area contributed by atoms with Crippen molar-refractivity contribution in [1.82, 2.24) is 14.2 Å². The molecule has 1 aliphatic heterocycles. The topological polar surface area (TPSA) is 128 Å². The molecule has 0 bridgehead atoms. The maximum atomic E-state index is 13.3. The number of nitriles is 1. The van der Waals surface area contributed by atoms with Crippen molar-refractivity contribution in [3.63, 3.8) is 0 Å². The van der Waals surface area contributed by atoms with Gasteiger partial charge in [-0.25, -0.2) is 12.7 Å². The summed E-state index contributed by atoms with van der Waals surface area (Å²) < 4.78 is 33.9. The minimum Gasteiger partial charge on any atom is -0.379 e. The summed E-state index contributed by atoms with van der Waals surface area (Å²) >= 11 is 0. The third-order valence-corrected chi connectivity index (χ3v) is 9.67. The first-order valence-electron chi connectivity index (χ1n) is 13.7. The molecular formula is C26H43N7O3S. The number of hydrogen-bond acceptors (Lipinski definition) is 7. The number of ether oxygens (including phenoxy) is 1. The normalized spacial score (nSPS) is 17.8.